The second-order valence-electron chi connectivity index (χ2n) is 6.66. The molecule has 2 aromatic rings. The molecule has 2 aromatic carbocycles. The van der Waals surface area contributed by atoms with E-state index in [4.69, 9.17) is 0 Å². The fourth-order valence-electron chi connectivity index (χ4n) is 2.57. The molecular weight excluding hydrogens is 360 g/mol. The van der Waals surface area contributed by atoms with Crippen molar-refractivity contribution in [2.45, 2.75) is 25.7 Å². The zero-order valence-electron chi connectivity index (χ0n) is 14.8. The van der Waals surface area contributed by atoms with Crippen molar-refractivity contribution >= 4 is 10.0 Å². The molecule has 0 unspecified atom stereocenters. The van der Waals surface area contributed by atoms with Crippen LogP contribution < -0.4 is 0 Å². The highest BCUT2D eigenvalue weighted by Crippen LogP contribution is 2.20. The largest absolute Gasteiger partial charge is 0.387 e. The molecule has 0 amide bonds. The molecule has 0 aromatic heterocycles. The first-order valence-electron chi connectivity index (χ1n) is 8.33. The zero-order valence-corrected chi connectivity index (χ0v) is 15.6. The Hall–Kier alpha value is -1.83. The van der Waals surface area contributed by atoms with Gasteiger partial charge >= 0.3 is 0 Å². The molecule has 0 heterocycles. The van der Waals surface area contributed by atoms with Crippen molar-refractivity contribution in [2.24, 2.45) is 5.92 Å². The summed E-state index contributed by atoms with van der Waals surface area (Å²) in [5.74, 6) is -1.09. The summed E-state index contributed by atoms with van der Waals surface area (Å²) in [5.41, 5.74) is 0.911. The molecule has 1 atom stereocenters. The molecule has 1 N–H and O–H groups in total. The maximum atomic E-state index is 13.0. The Morgan fingerprint density at radius 3 is 1.92 bits per heavy atom. The lowest BCUT2D eigenvalue weighted by molar-refractivity contribution is 0.143. The lowest BCUT2D eigenvalue weighted by Gasteiger charge is -2.26. The van der Waals surface area contributed by atoms with Gasteiger partial charge in [0.25, 0.3) is 0 Å². The smallest absolute Gasteiger partial charge is 0.218 e. The van der Waals surface area contributed by atoms with E-state index in [1.165, 1.54) is 52.8 Å². The third-order valence-electron chi connectivity index (χ3n) is 3.86. The van der Waals surface area contributed by atoms with Crippen LogP contribution in [0.4, 0.5) is 8.78 Å². The van der Waals surface area contributed by atoms with Crippen LogP contribution in [-0.2, 0) is 15.8 Å². The standard InChI is InChI=1S/C19H23F2NO3S/c1-14(2)11-22(12-19(23)16-5-9-18(21)10-6-16)26(24,25)13-15-3-7-17(20)8-4-15/h3-10,14,19,23H,11-13H2,1-2H3/t19-/m0/s1. The number of nitrogens with zero attached hydrogens (tertiary/aromatic N) is 1. The first-order chi connectivity index (χ1) is 12.2. The number of halogens is 2. The van der Waals surface area contributed by atoms with E-state index in [1.807, 2.05) is 13.8 Å². The maximum absolute atomic E-state index is 13.0. The maximum Gasteiger partial charge on any atom is 0.218 e. The van der Waals surface area contributed by atoms with Gasteiger partial charge in [-0.3, -0.25) is 0 Å². The van der Waals surface area contributed by atoms with Crippen LogP contribution in [0.5, 0.6) is 0 Å². The third kappa shape index (κ3) is 5.86. The molecule has 142 valence electrons. The van der Waals surface area contributed by atoms with E-state index in [9.17, 15) is 22.3 Å². The molecule has 7 heteroatoms. The van der Waals surface area contributed by atoms with E-state index in [-0.39, 0.29) is 24.8 Å². The van der Waals surface area contributed by atoms with Gasteiger partial charge in [0.2, 0.25) is 10.0 Å². The van der Waals surface area contributed by atoms with Crippen molar-refractivity contribution in [1.82, 2.24) is 4.31 Å². The Morgan fingerprint density at radius 2 is 1.42 bits per heavy atom. The van der Waals surface area contributed by atoms with Gasteiger partial charge in [-0.1, -0.05) is 38.1 Å². The minimum atomic E-state index is -3.72. The number of hydrogen-bond donors (Lipinski definition) is 1. The number of aliphatic hydroxyl groups is 1. The van der Waals surface area contributed by atoms with Crippen LogP contribution in [0.15, 0.2) is 48.5 Å². The second-order valence-corrected chi connectivity index (χ2v) is 8.63. The van der Waals surface area contributed by atoms with Crippen molar-refractivity contribution < 1.29 is 22.3 Å². The first kappa shape index (κ1) is 20.5. The molecule has 0 spiro atoms. The third-order valence-corrected chi connectivity index (χ3v) is 5.64. The highest BCUT2D eigenvalue weighted by atomic mass is 32.2. The molecule has 26 heavy (non-hydrogen) atoms. The summed E-state index contributed by atoms with van der Waals surface area (Å²) in [6, 6.07) is 10.6. The lowest BCUT2D eigenvalue weighted by Crippen LogP contribution is -2.38. The van der Waals surface area contributed by atoms with Gasteiger partial charge in [-0.15, -0.1) is 0 Å². The van der Waals surface area contributed by atoms with E-state index >= 15 is 0 Å². The predicted molar refractivity (Wildman–Crippen MR) is 96.8 cm³/mol. The van der Waals surface area contributed by atoms with E-state index in [0.717, 1.165) is 0 Å². The molecule has 0 aliphatic heterocycles. The summed E-state index contributed by atoms with van der Waals surface area (Å²) >= 11 is 0. The van der Waals surface area contributed by atoms with Crippen molar-refractivity contribution in [2.75, 3.05) is 13.1 Å². The topological polar surface area (TPSA) is 57.6 Å². The van der Waals surface area contributed by atoms with Crippen molar-refractivity contribution in [3.05, 3.63) is 71.3 Å². The molecule has 0 aliphatic rings. The van der Waals surface area contributed by atoms with E-state index < -0.39 is 27.8 Å². The highest BCUT2D eigenvalue weighted by Gasteiger charge is 2.26. The van der Waals surface area contributed by atoms with Gasteiger partial charge in [-0.25, -0.2) is 17.2 Å². The van der Waals surface area contributed by atoms with E-state index in [0.29, 0.717) is 11.1 Å². The molecule has 2 rings (SSSR count). The molecule has 0 saturated heterocycles. The Morgan fingerprint density at radius 1 is 0.923 bits per heavy atom. The van der Waals surface area contributed by atoms with E-state index in [1.54, 1.807) is 0 Å². The Balaban J connectivity index is 2.18. The Bertz CT molecular complexity index is 806. The molecular formula is C19H23F2NO3S. The summed E-state index contributed by atoms with van der Waals surface area (Å²) in [4.78, 5) is 0. The number of benzene rings is 2. The minimum absolute atomic E-state index is 0.0541. The molecule has 0 saturated carbocycles. The van der Waals surface area contributed by atoms with Gasteiger partial charge in [0.15, 0.2) is 0 Å². The van der Waals surface area contributed by atoms with Crippen molar-refractivity contribution in [1.29, 1.82) is 0 Å². The van der Waals surface area contributed by atoms with Gasteiger partial charge < -0.3 is 5.11 Å². The monoisotopic (exact) mass is 383 g/mol. The van der Waals surface area contributed by atoms with Crippen LogP contribution in [0.3, 0.4) is 0 Å². The fourth-order valence-corrected chi connectivity index (χ4v) is 4.26. The number of hydrogen-bond acceptors (Lipinski definition) is 3. The molecule has 4 nitrogen and oxygen atoms in total. The predicted octanol–water partition coefficient (Wildman–Crippen LogP) is 3.49. The van der Waals surface area contributed by atoms with Crippen LogP contribution >= 0.6 is 0 Å². The lowest BCUT2D eigenvalue weighted by atomic mass is 10.1. The summed E-state index contributed by atoms with van der Waals surface area (Å²) in [6.07, 6.45) is -1.07. The fraction of sp³-hybridized carbons (Fsp3) is 0.368. The second kappa shape index (κ2) is 8.70. The Kier molecular flexibility index (Phi) is 6.86. The van der Waals surface area contributed by atoms with Crippen molar-refractivity contribution in [3.63, 3.8) is 0 Å². The normalized spacial score (nSPS) is 13.3. The first-order valence-corrected chi connectivity index (χ1v) is 9.94. The van der Waals surface area contributed by atoms with E-state index in [2.05, 4.69) is 0 Å². The van der Waals surface area contributed by atoms with Crippen LogP contribution in [0, 0.1) is 17.6 Å². The molecule has 0 radical (unpaired) electrons. The summed E-state index contributed by atoms with van der Waals surface area (Å²) < 4.78 is 52.9. The highest BCUT2D eigenvalue weighted by molar-refractivity contribution is 7.88. The quantitative estimate of drug-likeness (QED) is 0.759. The average molecular weight is 383 g/mol. The summed E-state index contributed by atoms with van der Waals surface area (Å²) in [7, 11) is -3.72. The molecule has 0 aliphatic carbocycles. The van der Waals surface area contributed by atoms with Crippen LogP contribution in [0.1, 0.15) is 31.1 Å². The van der Waals surface area contributed by atoms with Crippen molar-refractivity contribution in [3.8, 4) is 0 Å². The SMILES string of the molecule is CC(C)CN(C[C@H](O)c1ccc(F)cc1)S(=O)(=O)Cc1ccc(F)cc1. The van der Waals surface area contributed by atoms with Crippen LogP contribution in [0.2, 0.25) is 0 Å². The van der Waals surface area contributed by atoms with Gasteiger partial charge in [-0.05, 0) is 41.3 Å². The van der Waals surface area contributed by atoms with Gasteiger partial charge in [-0.2, -0.15) is 4.31 Å². The van der Waals surface area contributed by atoms with Crippen LogP contribution in [-0.4, -0.2) is 30.9 Å². The Labute approximate surface area is 153 Å². The molecule has 0 fully saturated rings. The van der Waals surface area contributed by atoms with Gasteiger partial charge in [0, 0.05) is 13.1 Å². The minimum Gasteiger partial charge on any atom is -0.387 e. The summed E-state index contributed by atoms with van der Waals surface area (Å²) in [5, 5.41) is 10.4. The number of aliphatic hydroxyl groups excluding tert-OH is 1. The van der Waals surface area contributed by atoms with Gasteiger partial charge in [0.05, 0.1) is 11.9 Å². The average Bonchev–Trinajstić information content (AvgIpc) is 2.56. The number of rotatable bonds is 8. The zero-order chi connectivity index (χ0) is 19.3. The molecule has 0 bridgehead atoms. The van der Waals surface area contributed by atoms with Crippen LogP contribution in [0.25, 0.3) is 0 Å². The number of sulfonamides is 1. The summed E-state index contributed by atoms with van der Waals surface area (Å²) in [6.45, 7) is 3.87. The van der Waals surface area contributed by atoms with Gasteiger partial charge in [0.1, 0.15) is 11.6 Å².